The number of H-pyrrole nitrogens is 1. The molecular formula is C19H24N6. The summed E-state index contributed by atoms with van der Waals surface area (Å²) in [5, 5.41) is 12.6. The summed E-state index contributed by atoms with van der Waals surface area (Å²) >= 11 is 0. The average Bonchev–Trinajstić information content (AvgIpc) is 3.39. The van der Waals surface area contributed by atoms with Crippen LogP contribution in [0.25, 0.3) is 16.6 Å². The van der Waals surface area contributed by atoms with Crippen molar-refractivity contribution in [3.63, 3.8) is 0 Å². The Morgan fingerprint density at radius 3 is 2.68 bits per heavy atom. The molecule has 2 aromatic heterocycles. The number of aryl methyl sites for hydroxylation is 1. The van der Waals surface area contributed by atoms with E-state index in [9.17, 15) is 0 Å². The van der Waals surface area contributed by atoms with Crippen molar-refractivity contribution in [1.29, 1.82) is 0 Å². The van der Waals surface area contributed by atoms with E-state index < -0.39 is 0 Å². The zero-order valence-electron chi connectivity index (χ0n) is 14.4. The largest absolute Gasteiger partial charge is 0.361 e. The highest BCUT2D eigenvalue weighted by Gasteiger charge is 2.35. The molecule has 0 saturated carbocycles. The van der Waals surface area contributed by atoms with Crippen LogP contribution in [0.3, 0.4) is 0 Å². The fourth-order valence-corrected chi connectivity index (χ4v) is 4.50. The monoisotopic (exact) mass is 336 g/mol. The number of aromatic amines is 1. The second-order valence-corrected chi connectivity index (χ2v) is 7.45. The first kappa shape index (κ1) is 15.1. The lowest BCUT2D eigenvalue weighted by molar-refractivity contribution is 0.309. The van der Waals surface area contributed by atoms with Gasteiger partial charge in [-0.1, -0.05) is 0 Å². The maximum atomic E-state index is 3.90. The van der Waals surface area contributed by atoms with Crippen LogP contribution in [-0.2, 0) is 6.42 Å². The number of hydrogen-bond donors (Lipinski definition) is 2. The predicted octanol–water partition coefficient (Wildman–Crippen LogP) is 1.83. The summed E-state index contributed by atoms with van der Waals surface area (Å²) in [5.41, 5.74) is 3.72. The molecule has 0 radical (unpaired) electrons. The third-order valence-electron chi connectivity index (χ3n) is 5.85. The Morgan fingerprint density at radius 2 is 1.88 bits per heavy atom. The Balaban J connectivity index is 1.26. The third kappa shape index (κ3) is 2.85. The molecule has 6 nitrogen and oxygen atoms in total. The van der Waals surface area contributed by atoms with Crippen LogP contribution in [0.5, 0.6) is 0 Å². The topological polar surface area (TPSA) is 61.8 Å². The summed E-state index contributed by atoms with van der Waals surface area (Å²) in [6, 6.07) is 6.47. The van der Waals surface area contributed by atoms with Crippen LogP contribution in [0.1, 0.15) is 12.0 Å². The van der Waals surface area contributed by atoms with Crippen LogP contribution >= 0.6 is 0 Å². The van der Waals surface area contributed by atoms with Crippen molar-refractivity contribution < 1.29 is 0 Å². The molecule has 6 heteroatoms. The number of benzene rings is 1. The van der Waals surface area contributed by atoms with Gasteiger partial charge in [-0.25, -0.2) is 0 Å². The molecule has 2 aliphatic heterocycles. The van der Waals surface area contributed by atoms with E-state index in [2.05, 4.69) is 49.8 Å². The number of hydrogen-bond acceptors (Lipinski definition) is 4. The Hall–Kier alpha value is -2.18. The minimum absolute atomic E-state index is 0.888. The Labute approximate surface area is 147 Å². The summed E-state index contributed by atoms with van der Waals surface area (Å²) < 4.78 is 1.95. The quantitative estimate of drug-likeness (QED) is 0.746. The summed E-state index contributed by atoms with van der Waals surface area (Å²) in [4.78, 5) is 6.07. The highest BCUT2D eigenvalue weighted by Crippen LogP contribution is 2.27. The van der Waals surface area contributed by atoms with Crippen molar-refractivity contribution >= 4 is 10.9 Å². The van der Waals surface area contributed by atoms with E-state index in [0.717, 1.165) is 23.9 Å². The average molecular weight is 336 g/mol. The normalized spacial score (nSPS) is 23.5. The van der Waals surface area contributed by atoms with Gasteiger partial charge in [-0.05, 0) is 68.1 Å². The smallest absolute Gasteiger partial charge is 0.123 e. The van der Waals surface area contributed by atoms with Gasteiger partial charge in [0.25, 0.3) is 0 Å². The third-order valence-corrected chi connectivity index (χ3v) is 5.85. The summed E-state index contributed by atoms with van der Waals surface area (Å²) in [7, 11) is 0. The van der Waals surface area contributed by atoms with Crippen molar-refractivity contribution in [2.24, 2.45) is 11.8 Å². The molecule has 3 aromatic rings. The number of fused-ring (bicyclic) bond motifs is 2. The van der Waals surface area contributed by atoms with Crippen LogP contribution in [0.15, 0.2) is 37.1 Å². The Bertz CT molecular complexity index is 840. The van der Waals surface area contributed by atoms with E-state index in [0.29, 0.717) is 0 Å². The molecule has 130 valence electrons. The van der Waals surface area contributed by atoms with Crippen LogP contribution in [0.4, 0.5) is 0 Å². The lowest BCUT2D eigenvalue weighted by Crippen LogP contribution is -2.26. The number of rotatable bonds is 5. The standard InChI is InChI=1S/C19H24N6/c1(5-24-10-15-7-20-8-16(15)11-24)2-14-9-21-19-4-3-17(6-18(14)19)25-12-22-23-13-25/h3-4,6,9,12-13,15-16,20-21H,1-2,5,7-8,10-11H2/t15-,16+. The Morgan fingerprint density at radius 1 is 1.08 bits per heavy atom. The Kier molecular flexibility index (Phi) is 3.79. The molecule has 25 heavy (non-hydrogen) atoms. The molecule has 0 unspecified atom stereocenters. The highest BCUT2D eigenvalue weighted by atomic mass is 15.2. The predicted molar refractivity (Wildman–Crippen MR) is 97.8 cm³/mol. The van der Waals surface area contributed by atoms with E-state index in [4.69, 9.17) is 0 Å². The molecule has 0 aliphatic carbocycles. The van der Waals surface area contributed by atoms with Gasteiger partial charge in [-0.15, -0.1) is 10.2 Å². The van der Waals surface area contributed by atoms with Gasteiger partial charge in [0.05, 0.1) is 0 Å². The SMILES string of the molecule is c1cc2[nH]cc(CCCN3C[C@H]4CNC[C@H]4C3)c2cc1-n1cnnc1. The second kappa shape index (κ2) is 6.28. The minimum atomic E-state index is 0.888. The molecule has 2 saturated heterocycles. The lowest BCUT2D eigenvalue weighted by atomic mass is 10.0. The van der Waals surface area contributed by atoms with Gasteiger partial charge in [0.2, 0.25) is 0 Å². The number of likely N-dealkylation sites (tertiary alicyclic amines) is 1. The van der Waals surface area contributed by atoms with Gasteiger partial charge in [0.15, 0.2) is 0 Å². The van der Waals surface area contributed by atoms with Gasteiger partial charge >= 0.3 is 0 Å². The first-order valence-electron chi connectivity index (χ1n) is 9.25. The van der Waals surface area contributed by atoms with Crippen molar-refractivity contribution in [2.45, 2.75) is 12.8 Å². The van der Waals surface area contributed by atoms with Gasteiger partial charge in [-0.2, -0.15) is 0 Å². The van der Waals surface area contributed by atoms with E-state index in [1.807, 2.05) is 4.57 Å². The number of aromatic nitrogens is 4. The van der Waals surface area contributed by atoms with E-state index in [1.54, 1.807) is 12.7 Å². The molecule has 0 bridgehead atoms. The molecule has 4 heterocycles. The molecule has 0 spiro atoms. The molecule has 2 atom stereocenters. The van der Waals surface area contributed by atoms with Gasteiger partial charge in [-0.3, -0.25) is 4.57 Å². The molecule has 2 N–H and O–H groups in total. The fraction of sp³-hybridized carbons (Fsp3) is 0.474. The van der Waals surface area contributed by atoms with Gasteiger partial charge < -0.3 is 15.2 Å². The zero-order chi connectivity index (χ0) is 16.6. The van der Waals surface area contributed by atoms with Crippen LogP contribution < -0.4 is 5.32 Å². The summed E-state index contributed by atoms with van der Waals surface area (Å²) in [5.74, 6) is 1.78. The minimum Gasteiger partial charge on any atom is -0.361 e. The molecular weight excluding hydrogens is 312 g/mol. The first-order chi connectivity index (χ1) is 12.4. The number of nitrogens with one attached hydrogen (secondary N) is 2. The van der Waals surface area contributed by atoms with Crippen molar-refractivity contribution in [1.82, 2.24) is 30.0 Å². The molecule has 2 aliphatic rings. The van der Waals surface area contributed by atoms with Crippen LogP contribution in [0, 0.1) is 11.8 Å². The molecule has 2 fully saturated rings. The zero-order valence-corrected chi connectivity index (χ0v) is 14.4. The maximum absolute atomic E-state index is 3.90. The molecule has 1 aromatic carbocycles. The fourth-order valence-electron chi connectivity index (χ4n) is 4.50. The summed E-state index contributed by atoms with van der Waals surface area (Å²) in [6.45, 7) is 6.21. The second-order valence-electron chi connectivity index (χ2n) is 7.45. The molecule has 5 rings (SSSR count). The van der Waals surface area contributed by atoms with Crippen LogP contribution in [0.2, 0.25) is 0 Å². The van der Waals surface area contributed by atoms with Gasteiger partial charge in [0.1, 0.15) is 12.7 Å². The van der Waals surface area contributed by atoms with E-state index >= 15 is 0 Å². The lowest BCUT2D eigenvalue weighted by Gasteiger charge is -2.16. The van der Waals surface area contributed by atoms with Crippen molar-refractivity contribution in [3.8, 4) is 5.69 Å². The highest BCUT2D eigenvalue weighted by molar-refractivity contribution is 5.85. The molecule has 0 amide bonds. The summed E-state index contributed by atoms with van der Waals surface area (Å²) in [6.07, 6.45) is 7.99. The maximum Gasteiger partial charge on any atom is 0.123 e. The number of nitrogens with zero attached hydrogens (tertiary/aromatic N) is 4. The van der Waals surface area contributed by atoms with Crippen molar-refractivity contribution in [3.05, 3.63) is 42.6 Å². The van der Waals surface area contributed by atoms with Crippen LogP contribution in [-0.4, -0.2) is 57.4 Å². The van der Waals surface area contributed by atoms with E-state index in [1.165, 1.54) is 55.6 Å². The van der Waals surface area contributed by atoms with E-state index in [-0.39, 0.29) is 0 Å². The first-order valence-corrected chi connectivity index (χ1v) is 9.25. The van der Waals surface area contributed by atoms with Crippen molar-refractivity contribution in [2.75, 3.05) is 32.7 Å². The van der Waals surface area contributed by atoms with Gasteiger partial charge in [0, 0.05) is 35.9 Å².